The Hall–Kier alpha value is -3.66. The van der Waals surface area contributed by atoms with Gasteiger partial charge in [0.1, 0.15) is 11.9 Å². The molecule has 0 saturated carbocycles. The van der Waals surface area contributed by atoms with Crippen LogP contribution >= 0.6 is 0 Å². The predicted octanol–water partition coefficient (Wildman–Crippen LogP) is 4.76. The molecule has 1 amide bonds. The van der Waals surface area contributed by atoms with Crippen LogP contribution in [0.2, 0.25) is 0 Å². The number of carbonyl (C=O) groups is 1. The molecular formula is C26H23N3O. The molecule has 4 nitrogen and oxygen atoms in total. The monoisotopic (exact) mass is 393 g/mol. The summed E-state index contributed by atoms with van der Waals surface area (Å²) >= 11 is 0. The van der Waals surface area contributed by atoms with E-state index in [4.69, 9.17) is 4.99 Å². The van der Waals surface area contributed by atoms with Crippen LogP contribution in [0.3, 0.4) is 0 Å². The third-order valence-corrected chi connectivity index (χ3v) is 5.76. The number of fused-ring (bicyclic) bond motifs is 3. The van der Waals surface area contributed by atoms with Gasteiger partial charge in [0, 0.05) is 30.6 Å². The molecule has 1 atom stereocenters. The number of hydrogen-bond acceptors (Lipinski definition) is 2. The van der Waals surface area contributed by atoms with Crippen LogP contribution in [-0.2, 0) is 24.8 Å². The summed E-state index contributed by atoms with van der Waals surface area (Å²) in [7, 11) is 2.03. The third-order valence-electron chi connectivity index (χ3n) is 5.76. The zero-order valence-electron chi connectivity index (χ0n) is 16.9. The molecule has 30 heavy (non-hydrogen) atoms. The van der Waals surface area contributed by atoms with E-state index in [-0.39, 0.29) is 5.91 Å². The Labute approximate surface area is 176 Å². The molecule has 3 aromatic carbocycles. The number of hydrogen-bond donors (Lipinski definition) is 0. The Morgan fingerprint density at radius 1 is 0.833 bits per heavy atom. The Bertz CT molecular complexity index is 1230. The van der Waals surface area contributed by atoms with Crippen molar-refractivity contribution in [3.8, 4) is 0 Å². The SMILES string of the molecule is Cn1c2c(c3ccccc31)C=NC(Cc1ccccc1)C(=O)N2Cc1ccccc1. The van der Waals surface area contributed by atoms with Crippen molar-refractivity contribution < 1.29 is 4.79 Å². The summed E-state index contributed by atoms with van der Waals surface area (Å²) in [6, 6.07) is 28.1. The number of benzene rings is 3. The van der Waals surface area contributed by atoms with Crippen molar-refractivity contribution in [2.45, 2.75) is 19.0 Å². The van der Waals surface area contributed by atoms with Gasteiger partial charge in [-0.25, -0.2) is 0 Å². The molecule has 0 saturated heterocycles. The van der Waals surface area contributed by atoms with Gasteiger partial charge in [-0.3, -0.25) is 14.7 Å². The van der Waals surface area contributed by atoms with E-state index in [1.54, 1.807) is 0 Å². The summed E-state index contributed by atoms with van der Waals surface area (Å²) in [5, 5.41) is 1.12. The van der Waals surface area contributed by atoms with Crippen molar-refractivity contribution >= 4 is 28.8 Å². The number of amides is 1. The molecule has 0 spiro atoms. The lowest BCUT2D eigenvalue weighted by atomic mass is 10.1. The quantitative estimate of drug-likeness (QED) is 0.493. The highest BCUT2D eigenvalue weighted by Gasteiger charge is 2.32. The van der Waals surface area contributed by atoms with Crippen LogP contribution in [0.15, 0.2) is 89.9 Å². The fourth-order valence-corrected chi connectivity index (χ4v) is 4.27. The molecule has 0 radical (unpaired) electrons. The van der Waals surface area contributed by atoms with Crippen molar-refractivity contribution in [3.63, 3.8) is 0 Å². The van der Waals surface area contributed by atoms with Crippen molar-refractivity contribution in [1.82, 2.24) is 4.57 Å². The van der Waals surface area contributed by atoms with Gasteiger partial charge in [0.05, 0.1) is 12.1 Å². The molecule has 0 N–H and O–H groups in total. The average molecular weight is 393 g/mol. The highest BCUT2D eigenvalue weighted by atomic mass is 16.2. The Kier molecular flexibility index (Phi) is 4.68. The average Bonchev–Trinajstić information content (AvgIpc) is 3.00. The van der Waals surface area contributed by atoms with Gasteiger partial charge in [-0.05, 0) is 17.2 Å². The number of nitrogens with zero attached hydrogens (tertiary/aromatic N) is 3. The number of rotatable bonds is 4. The van der Waals surface area contributed by atoms with Crippen LogP contribution < -0.4 is 4.90 Å². The molecular weight excluding hydrogens is 370 g/mol. The zero-order valence-corrected chi connectivity index (χ0v) is 16.9. The maximum absolute atomic E-state index is 13.7. The van der Waals surface area contributed by atoms with E-state index in [1.807, 2.05) is 66.7 Å². The summed E-state index contributed by atoms with van der Waals surface area (Å²) in [4.78, 5) is 20.4. The molecule has 1 unspecified atom stereocenters. The van der Waals surface area contributed by atoms with Crippen LogP contribution in [-0.4, -0.2) is 22.7 Å². The molecule has 4 aromatic rings. The second-order valence-electron chi connectivity index (χ2n) is 7.71. The van der Waals surface area contributed by atoms with Crippen molar-refractivity contribution in [1.29, 1.82) is 0 Å². The van der Waals surface area contributed by atoms with Crippen LogP contribution in [0, 0.1) is 0 Å². The molecule has 4 heteroatoms. The fraction of sp³-hybridized carbons (Fsp3) is 0.154. The minimum Gasteiger partial charge on any atom is -0.330 e. The number of aryl methyl sites for hydroxylation is 1. The molecule has 1 aliphatic heterocycles. The summed E-state index contributed by atoms with van der Waals surface area (Å²) in [6.45, 7) is 0.519. The predicted molar refractivity (Wildman–Crippen MR) is 122 cm³/mol. The smallest absolute Gasteiger partial charge is 0.253 e. The minimum atomic E-state index is -0.442. The van der Waals surface area contributed by atoms with E-state index in [0.717, 1.165) is 33.4 Å². The third kappa shape index (κ3) is 3.20. The Morgan fingerprint density at radius 3 is 2.20 bits per heavy atom. The summed E-state index contributed by atoms with van der Waals surface area (Å²) < 4.78 is 2.11. The Balaban J connectivity index is 1.63. The molecule has 0 bridgehead atoms. The van der Waals surface area contributed by atoms with Crippen LogP contribution in [0.4, 0.5) is 5.82 Å². The first kappa shape index (κ1) is 18.4. The zero-order chi connectivity index (χ0) is 20.5. The van der Waals surface area contributed by atoms with E-state index >= 15 is 0 Å². The van der Waals surface area contributed by atoms with Crippen LogP contribution in [0.5, 0.6) is 0 Å². The standard InChI is InChI=1S/C26H23N3O/c1-28-24-15-9-8-14-21(24)22-17-27-23(16-19-10-4-2-5-11-19)26(30)29(25(22)28)18-20-12-6-3-7-13-20/h2-15,17,23H,16,18H2,1H3. The number of aromatic nitrogens is 1. The molecule has 1 aliphatic rings. The van der Waals surface area contributed by atoms with E-state index in [0.29, 0.717) is 13.0 Å². The lowest BCUT2D eigenvalue weighted by Gasteiger charge is -2.25. The van der Waals surface area contributed by atoms with Crippen molar-refractivity contribution in [2.24, 2.45) is 12.0 Å². The van der Waals surface area contributed by atoms with E-state index in [1.165, 1.54) is 0 Å². The minimum absolute atomic E-state index is 0.0311. The van der Waals surface area contributed by atoms with Crippen LogP contribution in [0.1, 0.15) is 16.7 Å². The van der Waals surface area contributed by atoms with Gasteiger partial charge in [0.25, 0.3) is 5.91 Å². The number of anilines is 1. The lowest BCUT2D eigenvalue weighted by molar-refractivity contribution is -0.119. The second-order valence-corrected chi connectivity index (χ2v) is 7.71. The maximum Gasteiger partial charge on any atom is 0.253 e. The highest BCUT2D eigenvalue weighted by Crippen LogP contribution is 2.34. The topological polar surface area (TPSA) is 37.6 Å². The van der Waals surface area contributed by atoms with Gasteiger partial charge < -0.3 is 4.57 Å². The van der Waals surface area contributed by atoms with Gasteiger partial charge in [-0.1, -0.05) is 78.9 Å². The first-order valence-corrected chi connectivity index (χ1v) is 10.2. The summed E-state index contributed by atoms with van der Waals surface area (Å²) in [6.07, 6.45) is 2.49. The van der Waals surface area contributed by atoms with Crippen LogP contribution in [0.25, 0.3) is 10.9 Å². The van der Waals surface area contributed by atoms with Crippen molar-refractivity contribution in [2.75, 3.05) is 4.90 Å². The number of aliphatic imine (C=N–C) groups is 1. The van der Waals surface area contributed by atoms with E-state index in [9.17, 15) is 4.79 Å². The highest BCUT2D eigenvalue weighted by molar-refractivity contribution is 6.12. The molecule has 0 aliphatic carbocycles. The van der Waals surface area contributed by atoms with E-state index < -0.39 is 6.04 Å². The van der Waals surface area contributed by atoms with Gasteiger partial charge in [-0.2, -0.15) is 0 Å². The molecule has 0 fully saturated rings. The molecule has 5 rings (SSSR count). The number of para-hydroxylation sites is 1. The first-order chi connectivity index (χ1) is 14.7. The second kappa shape index (κ2) is 7.64. The summed E-state index contributed by atoms with van der Waals surface area (Å²) in [5.41, 5.74) is 4.32. The lowest BCUT2D eigenvalue weighted by Crippen LogP contribution is -2.39. The molecule has 148 valence electrons. The van der Waals surface area contributed by atoms with Gasteiger partial charge in [0.15, 0.2) is 0 Å². The summed E-state index contributed by atoms with van der Waals surface area (Å²) in [5.74, 6) is 0.938. The normalized spacial score (nSPS) is 16.0. The van der Waals surface area contributed by atoms with Gasteiger partial charge >= 0.3 is 0 Å². The van der Waals surface area contributed by atoms with E-state index in [2.05, 4.69) is 41.0 Å². The first-order valence-electron chi connectivity index (χ1n) is 10.2. The number of carbonyl (C=O) groups excluding carboxylic acids is 1. The maximum atomic E-state index is 13.7. The molecule has 2 heterocycles. The van der Waals surface area contributed by atoms with Gasteiger partial charge in [0.2, 0.25) is 0 Å². The Morgan fingerprint density at radius 2 is 1.47 bits per heavy atom. The van der Waals surface area contributed by atoms with Crippen molar-refractivity contribution in [3.05, 3.63) is 102 Å². The fourth-order valence-electron chi connectivity index (χ4n) is 4.27. The largest absolute Gasteiger partial charge is 0.330 e. The van der Waals surface area contributed by atoms with Gasteiger partial charge in [-0.15, -0.1) is 0 Å². The molecule has 1 aromatic heterocycles.